The van der Waals surface area contributed by atoms with Crippen molar-refractivity contribution in [1.82, 2.24) is 10.2 Å². The maximum absolute atomic E-state index is 14.0. The Morgan fingerprint density at radius 2 is 1.69 bits per heavy atom. The van der Waals surface area contributed by atoms with E-state index in [9.17, 15) is 18.0 Å². The number of benzene rings is 3. The average molecular weight is 633 g/mol. The molecule has 7 nitrogen and oxygen atoms in total. The quantitative estimate of drug-likeness (QED) is 0.307. The van der Waals surface area contributed by atoms with Gasteiger partial charge in [0.2, 0.25) is 11.8 Å². The van der Waals surface area contributed by atoms with Crippen LogP contribution in [0.3, 0.4) is 0 Å². The van der Waals surface area contributed by atoms with E-state index in [0.29, 0.717) is 5.02 Å². The maximum Gasteiger partial charge on any atom is 0.264 e. The van der Waals surface area contributed by atoms with E-state index in [-0.39, 0.29) is 29.1 Å². The third-order valence-corrected chi connectivity index (χ3v) is 9.33. The number of anilines is 1. The van der Waals surface area contributed by atoms with Gasteiger partial charge in [0, 0.05) is 22.1 Å². The summed E-state index contributed by atoms with van der Waals surface area (Å²) in [7, 11) is -4.12. The Labute approximate surface area is 243 Å². The molecule has 3 aromatic carbocycles. The van der Waals surface area contributed by atoms with Crippen LogP contribution in [-0.4, -0.2) is 43.8 Å². The van der Waals surface area contributed by atoms with Crippen molar-refractivity contribution in [3.05, 3.63) is 93.9 Å². The Bertz CT molecular complexity index is 1410. The van der Waals surface area contributed by atoms with Crippen LogP contribution in [0.15, 0.2) is 88.2 Å². The lowest BCUT2D eigenvalue weighted by Crippen LogP contribution is -2.52. The molecule has 0 saturated heterocycles. The first-order valence-corrected chi connectivity index (χ1v) is 15.4. The van der Waals surface area contributed by atoms with Gasteiger partial charge in [0.1, 0.15) is 12.6 Å². The Kier molecular flexibility index (Phi) is 9.69. The molecule has 1 N–H and O–H groups in total. The highest BCUT2D eigenvalue weighted by Gasteiger charge is 2.33. The third-order valence-electron chi connectivity index (χ3n) is 6.82. The number of nitrogens with zero attached hydrogens (tertiary/aromatic N) is 2. The summed E-state index contributed by atoms with van der Waals surface area (Å²) in [5.74, 6) is -0.769. The van der Waals surface area contributed by atoms with E-state index in [1.54, 1.807) is 43.3 Å². The summed E-state index contributed by atoms with van der Waals surface area (Å²) in [6.45, 7) is 1.30. The zero-order valence-electron chi connectivity index (χ0n) is 21.6. The fourth-order valence-electron chi connectivity index (χ4n) is 4.69. The summed E-state index contributed by atoms with van der Waals surface area (Å²) in [4.78, 5) is 28.7. The summed E-state index contributed by atoms with van der Waals surface area (Å²) in [6, 6.07) is 21.0. The van der Waals surface area contributed by atoms with Crippen molar-refractivity contribution in [2.45, 2.75) is 56.1 Å². The minimum Gasteiger partial charge on any atom is -0.352 e. The van der Waals surface area contributed by atoms with Crippen molar-refractivity contribution in [1.29, 1.82) is 0 Å². The van der Waals surface area contributed by atoms with E-state index in [0.717, 1.165) is 40.0 Å². The van der Waals surface area contributed by atoms with Gasteiger partial charge in [0.05, 0.1) is 10.6 Å². The number of hydrogen-bond donors (Lipinski definition) is 1. The van der Waals surface area contributed by atoms with Gasteiger partial charge in [-0.3, -0.25) is 13.9 Å². The number of sulfonamides is 1. The van der Waals surface area contributed by atoms with Crippen LogP contribution < -0.4 is 9.62 Å². The molecule has 1 aliphatic rings. The van der Waals surface area contributed by atoms with Crippen molar-refractivity contribution >= 4 is 55.1 Å². The van der Waals surface area contributed by atoms with E-state index in [1.807, 2.05) is 24.3 Å². The van der Waals surface area contributed by atoms with Crippen LogP contribution in [0.5, 0.6) is 0 Å². The molecule has 206 valence electrons. The predicted octanol–water partition coefficient (Wildman–Crippen LogP) is 5.77. The average Bonchev–Trinajstić information content (AvgIpc) is 3.43. The Morgan fingerprint density at radius 1 is 1.00 bits per heavy atom. The molecular formula is C29H31BrClN3O4S. The van der Waals surface area contributed by atoms with Gasteiger partial charge < -0.3 is 10.2 Å². The van der Waals surface area contributed by atoms with Gasteiger partial charge in [0.25, 0.3) is 10.0 Å². The summed E-state index contributed by atoms with van der Waals surface area (Å²) < 4.78 is 29.4. The highest BCUT2D eigenvalue weighted by atomic mass is 79.9. The van der Waals surface area contributed by atoms with Crippen LogP contribution in [0, 0.1) is 0 Å². The molecule has 1 saturated carbocycles. The molecule has 0 spiro atoms. The summed E-state index contributed by atoms with van der Waals surface area (Å²) in [6.07, 6.45) is 3.95. The molecule has 0 aliphatic heterocycles. The van der Waals surface area contributed by atoms with Crippen molar-refractivity contribution in [3.63, 3.8) is 0 Å². The largest absolute Gasteiger partial charge is 0.352 e. The Morgan fingerprint density at radius 3 is 2.36 bits per heavy atom. The fraction of sp³-hybridized carbons (Fsp3) is 0.310. The normalized spacial score (nSPS) is 14.5. The molecule has 10 heteroatoms. The van der Waals surface area contributed by atoms with E-state index in [1.165, 1.54) is 23.1 Å². The van der Waals surface area contributed by atoms with Gasteiger partial charge in [0.15, 0.2) is 0 Å². The minimum atomic E-state index is -4.12. The standard InChI is InChI=1S/C29H31BrClN3O4S/c1-21(29(36)32-25-12-5-6-13-25)33(19-22-9-7-10-23(30)17-22)28(35)20-34(26-14-8-11-24(31)18-26)39(37,38)27-15-3-2-4-16-27/h2-4,7-11,14-18,21,25H,5-6,12-13,19-20H2,1H3,(H,32,36)/t21-/m0/s1. The van der Waals surface area contributed by atoms with E-state index in [4.69, 9.17) is 11.6 Å². The van der Waals surface area contributed by atoms with Crippen LogP contribution in [0.25, 0.3) is 0 Å². The molecule has 3 aromatic rings. The van der Waals surface area contributed by atoms with E-state index >= 15 is 0 Å². The molecule has 1 aliphatic carbocycles. The predicted molar refractivity (Wildman–Crippen MR) is 157 cm³/mol. The first kappa shape index (κ1) is 29.1. The monoisotopic (exact) mass is 631 g/mol. The van der Waals surface area contributed by atoms with Gasteiger partial charge in [-0.25, -0.2) is 8.42 Å². The Hall–Kier alpha value is -2.88. The lowest BCUT2D eigenvalue weighted by molar-refractivity contribution is -0.139. The second-order valence-corrected chi connectivity index (χ2v) is 12.8. The molecule has 1 fully saturated rings. The van der Waals surface area contributed by atoms with Gasteiger partial charge in [-0.15, -0.1) is 0 Å². The number of rotatable bonds is 10. The van der Waals surface area contributed by atoms with Crippen LogP contribution in [0.1, 0.15) is 38.2 Å². The lowest BCUT2D eigenvalue weighted by atomic mass is 10.1. The number of nitrogens with one attached hydrogen (secondary N) is 1. The Balaban J connectivity index is 1.68. The number of halogens is 2. The second kappa shape index (κ2) is 13.0. The lowest BCUT2D eigenvalue weighted by Gasteiger charge is -2.32. The molecule has 4 rings (SSSR count). The minimum absolute atomic E-state index is 0.0448. The summed E-state index contributed by atoms with van der Waals surface area (Å²) in [5, 5.41) is 3.40. The van der Waals surface area contributed by atoms with E-state index in [2.05, 4.69) is 21.2 Å². The number of carbonyl (C=O) groups is 2. The number of amides is 2. The number of hydrogen-bond acceptors (Lipinski definition) is 4. The molecule has 2 amide bonds. The first-order chi connectivity index (χ1) is 18.6. The SMILES string of the molecule is C[C@@H](C(=O)NC1CCCC1)N(Cc1cccc(Br)c1)C(=O)CN(c1cccc(Cl)c1)S(=O)(=O)c1ccccc1. The zero-order chi connectivity index (χ0) is 28.0. The highest BCUT2D eigenvalue weighted by Crippen LogP contribution is 2.27. The van der Waals surface area contributed by atoms with E-state index < -0.39 is 28.5 Å². The van der Waals surface area contributed by atoms with Crippen LogP contribution in [0.2, 0.25) is 5.02 Å². The molecule has 0 radical (unpaired) electrons. The third kappa shape index (κ3) is 7.41. The molecular weight excluding hydrogens is 602 g/mol. The van der Waals surface area contributed by atoms with Gasteiger partial charge in [-0.2, -0.15) is 0 Å². The van der Waals surface area contributed by atoms with Crippen LogP contribution >= 0.6 is 27.5 Å². The summed E-state index contributed by atoms with van der Waals surface area (Å²) >= 11 is 9.67. The van der Waals surface area contributed by atoms with Crippen LogP contribution in [-0.2, 0) is 26.2 Å². The van der Waals surface area contributed by atoms with Crippen molar-refractivity contribution in [2.75, 3.05) is 10.8 Å². The van der Waals surface area contributed by atoms with Crippen molar-refractivity contribution < 1.29 is 18.0 Å². The van der Waals surface area contributed by atoms with Gasteiger partial charge in [-0.1, -0.05) is 76.8 Å². The smallest absolute Gasteiger partial charge is 0.264 e. The first-order valence-electron chi connectivity index (χ1n) is 12.8. The maximum atomic E-state index is 14.0. The fourth-order valence-corrected chi connectivity index (χ4v) is 6.74. The van der Waals surface area contributed by atoms with Gasteiger partial charge in [-0.05, 0) is 67.8 Å². The van der Waals surface area contributed by atoms with Crippen molar-refractivity contribution in [3.8, 4) is 0 Å². The topological polar surface area (TPSA) is 86.8 Å². The van der Waals surface area contributed by atoms with Crippen molar-refractivity contribution in [2.24, 2.45) is 0 Å². The molecule has 0 aromatic heterocycles. The summed E-state index contributed by atoms with van der Waals surface area (Å²) in [5.41, 5.74) is 1.06. The zero-order valence-corrected chi connectivity index (χ0v) is 24.8. The molecule has 0 unspecified atom stereocenters. The molecule has 1 atom stereocenters. The second-order valence-electron chi connectivity index (χ2n) is 9.62. The molecule has 39 heavy (non-hydrogen) atoms. The van der Waals surface area contributed by atoms with Crippen LogP contribution in [0.4, 0.5) is 5.69 Å². The molecule has 0 heterocycles. The highest BCUT2D eigenvalue weighted by molar-refractivity contribution is 9.10. The molecule has 0 bridgehead atoms. The number of carbonyl (C=O) groups excluding carboxylic acids is 2. The van der Waals surface area contributed by atoms with Gasteiger partial charge >= 0.3 is 0 Å².